The largest absolute Gasteiger partial charge is 0.497 e. The number of amides is 1. The third-order valence-electron chi connectivity index (χ3n) is 3.47. The van der Waals surface area contributed by atoms with Gasteiger partial charge in [0.15, 0.2) is 11.5 Å². The molecule has 1 amide bonds. The van der Waals surface area contributed by atoms with Crippen LogP contribution < -0.4 is 14.8 Å². The van der Waals surface area contributed by atoms with Crippen LogP contribution in [0.25, 0.3) is 0 Å². The van der Waals surface area contributed by atoms with Crippen LogP contribution in [0.4, 0.5) is 0 Å². The number of aromatic nitrogens is 3. The van der Waals surface area contributed by atoms with Gasteiger partial charge in [0.25, 0.3) is 5.91 Å². The van der Waals surface area contributed by atoms with E-state index in [1.165, 1.54) is 0 Å². The zero-order chi connectivity index (χ0) is 17.5. The fourth-order valence-electron chi connectivity index (χ4n) is 2.16. The van der Waals surface area contributed by atoms with Gasteiger partial charge in [-0.25, -0.2) is 0 Å². The second-order valence-electron chi connectivity index (χ2n) is 5.26. The minimum Gasteiger partial charge on any atom is -0.497 e. The van der Waals surface area contributed by atoms with Crippen molar-refractivity contribution in [2.75, 3.05) is 13.7 Å². The van der Waals surface area contributed by atoms with Gasteiger partial charge >= 0.3 is 0 Å². The molecule has 2 heterocycles. The number of nitrogens with one attached hydrogen (secondary N) is 2. The van der Waals surface area contributed by atoms with Crippen molar-refractivity contribution in [2.45, 2.75) is 13.0 Å². The highest BCUT2D eigenvalue weighted by molar-refractivity contribution is 5.92. The second-order valence-corrected chi connectivity index (χ2v) is 5.26. The van der Waals surface area contributed by atoms with Gasteiger partial charge in [0.2, 0.25) is 0 Å². The predicted octanol–water partition coefficient (Wildman–Crippen LogP) is 1.96. The monoisotopic (exact) mass is 342 g/mol. The molecule has 0 saturated heterocycles. The molecular weight excluding hydrogens is 324 g/mol. The summed E-state index contributed by atoms with van der Waals surface area (Å²) in [5.41, 5.74) is 1.24. The van der Waals surface area contributed by atoms with Crippen LogP contribution in [0.3, 0.4) is 0 Å². The van der Waals surface area contributed by atoms with Crippen molar-refractivity contribution in [3.8, 4) is 11.5 Å². The van der Waals surface area contributed by atoms with Gasteiger partial charge in [-0.15, -0.1) is 0 Å². The molecule has 0 saturated carbocycles. The molecule has 0 unspecified atom stereocenters. The van der Waals surface area contributed by atoms with Crippen LogP contribution in [0.1, 0.15) is 21.8 Å². The highest BCUT2D eigenvalue weighted by Gasteiger charge is 2.12. The average Bonchev–Trinajstić information content (AvgIpc) is 3.32. The van der Waals surface area contributed by atoms with Crippen molar-refractivity contribution < 1.29 is 18.8 Å². The predicted molar refractivity (Wildman–Crippen MR) is 88.5 cm³/mol. The number of methoxy groups -OCH3 is 1. The Hall–Kier alpha value is -3.29. The maximum atomic E-state index is 12.0. The van der Waals surface area contributed by atoms with Gasteiger partial charge in [-0.05, 0) is 24.1 Å². The minimum absolute atomic E-state index is 0.169. The summed E-state index contributed by atoms with van der Waals surface area (Å²) in [5, 5.41) is 13.1. The second kappa shape index (κ2) is 8.00. The fourth-order valence-corrected chi connectivity index (χ4v) is 2.16. The molecular formula is C17H18N4O4. The van der Waals surface area contributed by atoms with E-state index >= 15 is 0 Å². The van der Waals surface area contributed by atoms with E-state index in [0.29, 0.717) is 30.2 Å². The molecule has 0 atom stereocenters. The van der Waals surface area contributed by atoms with E-state index in [4.69, 9.17) is 14.0 Å². The van der Waals surface area contributed by atoms with Crippen LogP contribution in [-0.2, 0) is 13.0 Å². The number of rotatable bonds is 8. The third-order valence-corrected chi connectivity index (χ3v) is 3.47. The Bertz CT molecular complexity index is 814. The van der Waals surface area contributed by atoms with Gasteiger partial charge in [-0.3, -0.25) is 9.89 Å². The van der Waals surface area contributed by atoms with E-state index in [1.54, 1.807) is 31.6 Å². The molecule has 8 heteroatoms. The quantitative estimate of drug-likeness (QED) is 0.649. The molecule has 8 nitrogen and oxygen atoms in total. The molecule has 0 radical (unpaired) electrons. The summed E-state index contributed by atoms with van der Waals surface area (Å²) in [5.74, 6) is 1.51. The molecule has 2 N–H and O–H groups in total. The van der Waals surface area contributed by atoms with E-state index in [9.17, 15) is 4.79 Å². The first-order valence-electron chi connectivity index (χ1n) is 7.73. The highest BCUT2D eigenvalue weighted by Crippen LogP contribution is 2.20. The summed E-state index contributed by atoms with van der Waals surface area (Å²) in [6.07, 6.45) is 4.19. The number of ether oxygens (including phenoxy) is 2. The summed E-state index contributed by atoms with van der Waals surface area (Å²) in [7, 11) is 1.59. The molecule has 0 aliphatic heterocycles. The summed E-state index contributed by atoms with van der Waals surface area (Å²) in [4.78, 5) is 12.0. The Labute approximate surface area is 144 Å². The van der Waals surface area contributed by atoms with Crippen molar-refractivity contribution in [2.24, 2.45) is 0 Å². The van der Waals surface area contributed by atoms with Crippen LogP contribution in [0.15, 0.2) is 47.2 Å². The van der Waals surface area contributed by atoms with Crippen molar-refractivity contribution in [1.29, 1.82) is 0 Å². The number of H-pyrrole nitrogens is 1. The number of carbonyl (C=O) groups is 1. The topological polar surface area (TPSA) is 102 Å². The van der Waals surface area contributed by atoms with Crippen molar-refractivity contribution >= 4 is 5.91 Å². The lowest BCUT2D eigenvalue weighted by molar-refractivity contribution is 0.0944. The van der Waals surface area contributed by atoms with Gasteiger partial charge in [-0.1, -0.05) is 11.2 Å². The number of nitrogens with zero attached hydrogens (tertiary/aromatic N) is 2. The molecule has 3 rings (SSSR count). The Kier molecular flexibility index (Phi) is 5.30. The van der Waals surface area contributed by atoms with Crippen LogP contribution in [0.2, 0.25) is 0 Å². The van der Waals surface area contributed by atoms with Crippen LogP contribution in [0.5, 0.6) is 11.5 Å². The van der Waals surface area contributed by atoms with Gasteiger partial charge < -0.3 is 19.3 Å². The summed E-state index contributed by atoms with van der Waals surface area (Å²) >= 11 is 0. The summed E-state index contributed by atoms with van der Waals surface area (Å²) in [6, 6.07) is 8.79. The molecule has 1 aromatic carbocycles. The van der Waals surface area contributed by atoms with Crippen molar-refractivity contribution in [1.82, 2.24) is 20.7 Å². The molecule has 3 aromatic rings. The first kappa shape index (κ1) is 16.6. The van der Waals surface area contributed by atoms with Gasteiger partial charge in [0, 0.05) is 24.9 Å². The average molecular weight is 342 g/mol. The number of aromatic amines is 1. The molecule has 25 heavy (non-hydrogen) atoms. The fraction of sp³-hybridized carbons (Fsp3) is 0.235. The normalized spacial score (nSPS) is 10.4. The molecule has 0 aliphatic carbocycles. The Morgan fingerprint density at radius 1 is 1.32 bits per heavy atom. The summed E-state index contributed by atoms with van der Waals surface area (Å²) in [6.45, 7) is 0.656. The van der Waals surface area contributed by atoms with E-state index in [0.717, 1.165) is 5.56 Å². The summed E-state index contributed by atoms with van der Waals surface area (Å²) < 4.78 is 15.9. The molecule has 2 aromatic heterocycles. The van der Waals surface area contributed by atoms with Crippen molar-refractivity contribution in [3.05, 3.63) is 59.7 Å². The van der Waals surface area contributed by atoms with Crippen LogP contribution in [0, 0.1) is 0 Å². The molecule has 0 bridgehead atoms. The Balaban J connectivity index is 1.48. The van der Waals surface area contributed by atoms with Gasteiger partial charge in [0.1, 0.15) is 18.1 Å². The maximum Gasteiger partial charge on any atom is 0.273 e. The van der Waals surface area contributed by atoms with E-state index < -0.39 is 0 Å². The number of hydrogen-bond acceptors (Lipinski definition) is 6. The lowest BCUT2D eigenvalue weighted by Gasteiger charge is -2.05. The van der Waals surface area contributed by atoms with Crippen LogP contribution in [-0.4, -0.2) is 34.9 Å². The van der Waals surface area contributed by atoms with Gasteiger partial charge in [-0.2, -0.15) is 5.10 Å². The molecule has 130 valence electrons. The first-order valence-corrected chi connectivity index (χ1v) is 7.73. The highest BCUT2D eigenvalue weighted by atomic mass is 16.5. The zero-order valence-corrected chi connectivity index (χ0v) is 13.7. The number of benzene rings is 1. The Morgan fingerprint density at radius 3 is 3.00 bits per heavy atom. The minimum atomic E-state index is -0.292. The molecule has 0 spiro atoms. The lowest BCUT2D eigenvalue weighted by atomic mass is 10.2. The molecule has 0 aliphatic rings. The number of hydrogen-bond donors (Lipinski definition) is 2. The van der Waals surface area contributed by atoms with Crippen LogP contribution >= 0.6 is 0 Å². The third kappa shape index (κ3) is 4.60. The first-order chi connectivity index (χ1) is 12.2. The molecule has 0 fully saturated rings. The lowest BCUT2D eigenvalue weighted by Crippen LogP contribution is -2.25. The van der Waals surface area contributed by atoms with E-state index in [-0.39, 0.29) is 18.2 Å². The standard InChI is InChI=1S/C17H18N4O4/c1-23-13-3-2-4-14(7-13)24-11-15-8-16(21-25-15)17(22)18-6-5-12-9-19-20-10-12/h2-4,7-10H,5-6,11H2,1H3,(H,18,22)(H,19,20). The van der Waals surface area contributed by atoms with Gasteiger partial charge in [0.05, 0.1) is 13.3 Å². The van der Waals surface area contributed by atoms with E-state index in [2.05, 4.69) is 20.7 Å². The zero-order valence-electron chi connectivity index (χ0n) is 13.7. The Morgan fingerprint density at radius 2 is 2.20 bits per heavy atom. The van der Waals surface area contributed by atoms with E-state index in [1.807, 2.05) is 18.2 Å². The smallest absolute Gasteiger partial charge is 0.273 e. The maximum absolute atomic E-state index is 12.0. The van der Waals surface area contributed by atoms with Crippen molar-refractivity contribution in [3.63, 3.8) is 0 Å². The SMILES string of the molecule is COc1cccc(OCc2cc(C(=O)NCCc3cn[nH]c3)no2)c1. The number of carbonyl (C=O) groups excluding carboxylic acids is 1.